The Morgan fingerprint density at radius 3 is 2.74 bits per heavy atom. The number of hydrogen-bond donors (Lipinski definition) is 2. The van der Waals surface area contributed by atoms with Crippen molar-refractivity contribution in [3.8, 4) is 5.75 Å². The molecule has 10 nitrogen and oxygen atoms in total. The van der Waals surface area contributed by atoms with E-state index in [1.165, 1.54) is 36.4 Å². The van der Waals surface area contributed by atoms with Gasteiger partial charge in [0.25, 0.3) is 11.8 Å². The molecule has 1 fully saturated rings. The average Bonchev–Trinajstić information content (AvgIpc) is 3.04. The topological polar surface area (TPSA) is 125 Å². The lowest BCUT2D eigenvalue weighted by Gasteiger charge is -2.34. The Hall–Kier alpha value is -4.28. The standard InChI is InChI=1S/C24H21FN4O6/c1-12-10-28(16-6-5-13(25)9-18(16)35-12)11-20(31)26-15-4-2-3-14-21(15)24(34)29(23(14)33)17-7-8-19(30)27-22(17)32/h2-6,9,12,17H,7-8,10-11H2,1H3,(H,26,31)(H,27,30,32). The van der Waals surface area contributed by atoms with Crippen molar-refractivity contribution in [3.63, 3.8) is 0 Å². The van der Waals surface area contributed by atoms with Gasteiger partial charge in [-0.2, -0.15) is 0 Å². The maximum absolute atomic E-state index is 13.6. The smallest absolute Gasteiger partial charge is 0.264 e. The Labute approximate surface area is 199 Å². The third-order valence-corrected chi connectivity index (χ3v) is 6.14. The fourth-order valence-electron chi connectivity index (χ4n) is 4.64. The molecule has 0 aliphatic carbocycles. The van der Waals surface area contributed by atoms with Gasteiger partial charge in [0, 0.05) is 12.5 Å². The Morgan fingerprint density at radius 1 is 1.17 bits per heavy atom. The Kier molecular flexibility index (Phi) is 5.46. The van der Waals surface area contributed by atoms with Crippen molar-refractivity contribution in [2.24, 2.45) is 0 Å². The number of piperidine rings is 1. The molecule has 2 unspecified atom stereocenters. The molecule has 0 spiro atoms. The van der Waals surface area contributed by atoms with Gasteiger partial charge in [-0.1, -0.05) is 6.07 Å². The van der Waals surface area contributed by atoms with Crippen LogP contribution in [-0.4, -0.2) is 59.7 Å². The van der Waals surface area contributed by atoms with Crippen LogP contribution in [0.25, 0.3) is 0 Å². The lowest BCUT2D eigenvalue weighted by Crippen LogP contribution is -2.54. The summed E-state index contributed by atoms with van der Waals surface area (Å²) in [6.07, 6.45) is -0.233. The van der Waals surface area contributed by atoms with Crippen molar-refractivity contribution >= 4 is 40.9 Å². The monoisotopic (exact) mass is 480 g/mol. The zero-order valence-electron chi connectivity index (χ0n) is 18.7. The number of hydrogen-bond acceptors (Lipinski definition) is 7. The third-order valence-electron chi connectivity index (χ3n) is 6.14. The third kappa shape index (κ3) is 3.98. The number of halogens is 1. The lowest BCUT2D eigenvalue weighted by atomic mass is 10.0. The molecule has 5 amide bonds. The van der Waals surface area contributed by atoms with Crippen LogP contribution in [0.3, 0.4) is 0 Å². The van der Waals surface area contributed by atoms with Crippen LogP contribution < -0.4 is 20.3 Å². The van der Waals surface area contributed by atoms with E-state index < -0.39 is 41.4 Å². The van der Waals surface area contributed by atoms with E-state index in [9.17, 15) is 28.4 Å². The fraction of sp³-hybridized carbons (Fsp3) is 0.292. The van der Waals surface area contributed by atoms with Crippen LogP contribution in [0, 0.1) is 5.82 Å². The molecule has 3 aliphatic heterocycles. The first-order valence-electron chi connectivity index (χ1n) is 11.1. The summed E-state index contributed by atoms with van der Waals surface area (Å²) in [5, 5.41) is 4.84. The molecule has 0 aromatic heterocycles. The van der Waals surface area contributed by atoms with Gasteiger partial charge in [0.05, 0.1) is 35.6 Å². The molecule has 180 valence electrons. The number of benzene rings is 2. The second kappa shape index (κ2) is 8.49. The van der Waals surface area contributed by atoms with E-state index in [-0.39, 0.29) is 42.3 Å². The molecule has 2 atom stereocenters. The second-order valence-corrected chi connectivity index (χ2v) is 8.64. The molecule has 3 aliphatic rings. The van der Waals surface area contributed by atoms with Crippen molar-refractivity contribution in [3.05, 3.63) is 53.3 Å². The zero-order valence-corrected chi connectivity index (χ0v) is 18.7. The van der Waals surface area contributed by atoms with Crippen LogP contribution in [0.5, 0.6) is 5.75 Å². The van der Waals surface area contributed by atoms with Crippen molar-refractivity contribution < 1.29 is 33.1 Å². The fourth-order valence-corrected chi connectivity index (χ4v) is 4.64. The minimum absolute atomic E-state index is 0.00614. The molecule has 3 heterocycles. The van der Waals surface area contributed by atoms with Gasteiger partial charge in [0.2, 0.25) is 17.7 Å². The maximum Gasteiger partial charge on any atom is 0.264 e. The number of fused-ring (bicyclic) bond motifs is 2. The van der Waals surface area contributed by atoms with Crippen LogP contribution in [0.15, 0.2) is 36.4 Å². The first-order chi connectivity index (χ1) is 16.7. The predicted octanol–water partition coefficient (Wildman–Crippen LogP) is 1.45. The molecule has 2 aromatic carbocycles. The summed E-state index contributed by atoms with van der Waals surface area (Å²) in [7, 11) is 0. The minimum Gasteiger partial charge on any atom is -0.487 e. The van der Waals surface area contributed by atoms with Gasteiger partial charge in [0.15, 0.2) is 0 Å². The lowest BCUT2D eigenvalue weighted by molar-refractivity contribution is -0.136. The largest absolute Gasteiger partial charge is 0.487 e. The van der Waals surface area contributed by atoms with Crippen LogP contribution in [0.1, 0.15) is 40.5 Å². The number of anilines is 2. The van der Waals surface area contributed by atoms with Crippen molar-refractivity contribution in [1.82, 2.24) is 10.2 Å². The number of nitrogens with one attached hydrogen (secondary N) is 2. The van der Waals surface area contributed by atoms with E-state index in [1.807, 2.05) is 0 Å². The van der Waals surface area contributed by atoms with Crippen LogP contribution in [-0.2, 0) is 14.4 Å². The molecule has 35 heavy (non-hydrogen) atoms. The van der Waals surface area contributed by atoms with Crippen molar-refractivity contribution in [2.45, 2.75) is 31.9 Å². The van der Waals surface area contributed by atoms with Gasteiger partial charge >= 0.3 is 0 Å². The zero-order chi connectivity index (χ0) is 24.9. The van der Waals surface area contributed by atoms with Crippen LogP contribution in [0.4, 0.5) is 15.8 Å². The van der Waals surface area contributed by atoms with Gasteiger partial charge in [-0.15, -0.1) is 0 Å². The molecule has 1 saturated heterocycles. The summed E-state index contributed by atoms with van der Waals surface area (Å²) in [5.41, 5.74) is 0.765. The normalized spacial score (nSPS) is 21.3. The number of imide groups is 2. The molecule has 5 rings (SSSR count). The number of rotatable bonds is 4. The number of amides is 5. The van der Waals surface area contributed by atoms with Gasteiger partial charge in [0.1, 0.15) is 23.7 Å². The summed E-state index contributed by atoms with van der Waals surface area (Å²) in [6.45, 7) is 2.09. The quantitative estimate of drug-likeness (QED) is 0.635. The van der Waals surface area contributed by atoms with Crippen LogP contribution in [0.2, 0.25) is 0 Å². The number of nitrogens with zero attached hydrogens (tertiary/aromatic N) is 2. The van der Waals surface area contributed by atoms with E-state index >= 15 is 0 Å². The minimum atomic E-state index is -1.10. The molecule has 0 saturated carbocycles. The second-order valence-electron chi connectivity index (χ2n) is 8.64. The summed E-state index contributed by atoms with van der Waals surface area (Å²) in [5.74, 6) is -3.12. The van der Waals surface area contributed by atoms with Gasteiger partial charge in [-0.3, -0.25) is 34.2 Å². The van der Waals surface area contributed by atoms with Crippen LogP contribution >= 0.6 is 0 Å². The molecule has 11 heteroatoms. The first-order valence-corrected chi connectivity index (χ1v) is 11.1. The Bertz CT molecular complexity index is 1290. The average molecular weight is 480 g/mol. The summed E-state index contributed by atoms with van der Waals surface area (Å²) in [4.78, 5) is 65.4. The number of carbonyl (C=O) groups excluding carboxylic acids is 5. The highest BCUT2D eigenvalue weighted by molar-refractivity contribution is 6.26. The molecule has 2 aromatic rings. The van der Waals surface area contributed by atoms with Crippen molar-refractivity contribution in [1.29, 1.82) is 0 Å². The molecule has 0 radical (unpaired) electrons. The highest BCUT2D eigenvalue weighted by Crippen LogP contribution is 2.35. The van der Waals surface area contributed by atoms with Gasteiger partial charge in [-0.25, -0.2) is 4.39 Å². The molecular weight excluding hydrogens is 459 g/mol. The van der Waals surface area contributed by atoms with E-state index in [1.54, 1.807) is 11.8 Å². The highest BCUT2D eigenvalue weighted by Gasteiger charge is 2.45. The first kappa shape index (κ1) is 22.5. The van der Waals surface area contributed by atoms with Crippen molar-refractivity contribution in [2.75, 3.05) is 23.3 Å². The summed E-state index contributed by atoms with van der Waals surface area (Å²) in [6, 6.07) is 7.45. The maximum atomic E-state index is 13.6. The Balaban J connectivity index is 1.36. The molecule has 2 N–H and O–H groups in total. The molecule has 0 bridgehead atoms. The van der Waals surface area contributed by atoms with Gasteiger partial charge in [-0.05, 0) is 37.6 Å². The summed E-state index contributed by atoms with van der Waals surface area (Å²) >= 11 is 0. The van der Waals surface area contributed by atoms with E-state index in [2.05, 4.69) is 10.6 Å². The highest BCUT2D eigenvalue weighted by atomic mass is 19.1. The number of ether oxygens (including phenoxy) is 1. The SMILES string of the molecule is CC1CN(CC(=O)Nc2cccc3c2C(=O)N(C2CCC(=O)NC2=O)C3=O)c2ccc(F)cc2O1. The summed E-state index contributed by atoms with van der Waals surface area (Å²) < 4.78 is 19.3. The van der Waals surface area contributed by atoms with E-state index in [4.69, 9.17) is 4.74 Å². The predicted molar refractivity (Wildman–Crippen MR) is 120 cm³/mol. The van der Waals surface area contributed by atoms with E-state index in [0.29, 0.717) is 18.0 Å². The Morgan fingerprint density at radius 2 is 1.97 bits per heavy atom. The molecular formula is C24H21FN4O6. The van der Waals surface area contributed by atoms with Gasteiger partial charge < -0.3 is 15.0 Å². The van der Waals surface area contributed by atoms with E-state index in [0.717, 1.165) is 4.90 Å². The number of carbonyl (C=O) groups is 5.